The number of benzene rings is 2. The monoisotopic (exact) mass is 509 g/mol. The van der Waals surface area contributed by atoms with Gasteiger partial charge in [0.25, 0.3) is 0 Å². The Labute approximate surface area is 213 Å². The van der Waals surface area contributed by atoms with Crippen LogP contribution in [0.2, 0.25) is 10.0 Å². The number of nitrogens with one attached hydrogen (secondary N) is 2. The lowest BCUT2D eigenvalue weighted by Crippen LogP contribution is -2.47. The number of carbonyl (C=O) groups is 1. The van der Waals surface area contributed by atoms with Crippen LogP contribution in [0.15, 0.2) is 82.2 Å². The summed E-state index contributed by atoms with van der Waals surface area (Å²) in [5.41, 5.74) is 9.81. The van der Waals surface area contributed by atoms with Gasteiger partial charge >= 0.3 is 0 Å². The number of nitrogens with zero attached hydrogens (tertiary/aromatic N) is 1. The molecule has 0 saturated carbocycles. The van der Waals surface area contributed by atoms with Crippen molar-refractivity contribution in [3.63, 3.8) is 0 Å². The first-order valence-electron chi connectivity index (χ1n) is 11.3. The molecule has 5 rings (SSSR count). The number of halogens is 2. The molecular formula is C27H25Cl2N3OS. The van der Waals surface area contributed by atoms with E-state index in [2.05, 4.69) is 33.6 Å². The zero-order chi connectivity index (χ0) is 23.7. The molecule has 2 atom stereocenters. The molecule has 174 valence electrons. The van der Waals surface area contributed by atoms with Gasteiger partial charge in [-0.1, -0.05) is 53.5 Å². The number of hydrazine groups is 1. The first-order chi connectivity index (χ1) is 16.5. The van der Waals surface area contributed by atoms with Crippen LogP contribution in [-0.4, -0.2) is 11.9 Å². The van der Waals surface area contributed by atoms with Crippen molar-refractivity contribution in [2.45, 2.75) is 38.3 Å². The SMILES string of the molecule is C[C@@H](NC(=O)C1NN(c2ccc(Cl)cc2Cl)C2=C1CCC/C2=C\c1ccsc1)c1ccccc1. The highest BCUT2D eigenvalue weighted by Gasteiger charge is 2.40. The van der Waals surface area contributed by atoms with Gasteiger partial charge < -0.3 is 5.32 Å². The molecule has 0 radical (unpaired) electrons. The van der Waals surface area contributed by atoms with Crippen molar-refractivity contribution < 1.29 is 4.79 Å². The number of carbonyl (C=O) groups excluding carboxylic acids is 1. The minimum atomic E-state index is -0.473. The second-order valence-corrected chi connectivity index (χ2v) is 10.2. The van der Waals surface area contributed by atoms with E-state index < -0.39 is 6.04 Å². The number of anilines is 1. The van der Waals surface area contributed by atoms with Crippen LogP contribution in [-0.2, 0) is 4.79 Å². The van der Waals surface area contributed by atoms with Crippen molar-refractivity contribution >= 4 is 52.2 Å². The standard InChI is InChI=1S/C27H25Cl2N3OS/c1-17(19-6-3-2-4-7-19)30-27(33)25-22-9-5-8-20(14-18-12-13-34-16-18)26(22)32(31-25)24-11-10-21(28)15-23(24)29/h2-4,6-7,10-17,25,31H,5,8-9H2,1H3,(H,30,33)/b20-14+/t17-,25?/m1/s1. The number of allylic oxidation sites excluding steroid dienone is 1. The van der Waals surface area contributed by atoms with Crippen molar-refractivity contribution in [2.75, 3.05) is 5.01 Å². The van der Waals surface area contributed by atoms with Crippen molar-refractivity contribution in [1.29, 1.82) is 0 Å². The highest BCUT2D eigenvalue weighted by Crippen LogP contribution is 2.42. The van der Waals surface area contributed by atoms with E-state index >= 15 is 0 Å². The molecule has 0 spiro atoms. The number of hydrogen-bond donors (Lipinski definition) is 2. The Hall–Kier alpha value is -2.57. The normalized spacial score (nSPS) is 19.9. The maximum atomic E-state index is 13.5. The van der Waals surface area contributed by atoms with Crippen molar-refractivity contribution in [1.82, 2.24) is 10.7 Å². The van der Waals surface area contributed by atoms with Crippen molar-refractivity contribution in [3.05, 3.63) is 103 Å². The van der Waals surface area contributed by atoms with Crippen LogP contribution in [0.4, 0.5) is 5.69 Å². The smallest absolute Gasteiger partial charge is 0.243 e. The maximum absolute atomic E-state index is 13.5. The zero-order valence-corrected chi connectivity index (χ0v) is 21.1. The Balaban J connectivity index is 1.52. The van der Waals surface area contributed by atoms with Gasteiger partial charge in [-0.15, -0.1) is 0 Å². The summed E-state index contributed by atoms with van der Waals surface area (Å²) >= 11 is 14.5. The average molecular weight is 510 g/mol. The lowest BCUT2D eigenvalue weighted by atomic mass is 9.87. The Kier molecular flexibility index (Phi) is 6.79. The quantitative estimate of drug-likeness (QED) is 0.383. The molecule has 1 unspecified atom stereocenters. The van der Waals surface area contributed by atoms with Gasteiger partial charge in [0.2, 0.25) is 5.91 Å². The summed E-state index contributed by atoms with van der Waals surface area (Å²) in [7, 11) is 0. The van der Waals surface area contributed by atoms with E-state index in [0.717, 1.165) is 41.8 Å². The van der Waals surface area contributed by atoms with Gasteiger partial charge in [0.1, 0.15) is 6.04 Å². The summed E-state index contributed by atoms with van der Waals surface area (Å²) < 4.78 is 0. The summed E-state index contributed by atoms with van der Waals surface area (Å²) in [6, 6.07) is 17.0. The first-order valence-corrected chi connectivity index (χ1v) is 13.0. The minimum absolute atomic E-state index is 0.0479. The summed E-state index contributed by atoms with van der Waals surface area (Å²) in [6.45, 7) is 2.01. The summed E-state index contributed by atoms with van der Waals surface area (Å²) in [5, 5.41) is 10.5. The van der Waals surface area contributed by atoms with Gasteiger partial charge in [-0.3, -0.25) is 9.80 Å². The molecule has 34 heavy (non-hydrogen) atoms. The minimum Gasteiger partial charge on any atom is -0.348 e. The van der Waals surface area contributed by atoms with Crippen molar-refractivity contribution in [3.8, 4) is 0 Å². The molecule has 2 aromatic carbocycles. The Morgan fingerprint density at radius 2 is 2.00 bits per heavy atom. The summed E-state index contributed by atoms with van der Waals surface area (Å²) in [4.78, 5) is 13.5. The molecular weight excluding hydrogens is 485 g/mol. The summed E-state index contributed by atoms with van der Waals surface area (Å²) in [6.07, 6.45) is 5.00. The molecule has 1 aliphatic carbocycles. The van der Waals surface area contributed by atoms with Crippen LogP contribution in [0.25, 0.3) is 6.08 Å². The molecule has 1 aliphatic heterocycles. The van der Waals surface area contributed by atoms with E-state index in [0.29, 0.717) is 10.0 Å². The predicted octanol–water partition coefficient (Wildman–Crippen LogP) is 7.15. The molecule has 7 heteroatoms. The number of hydrogen-bond acceptors (Lipinski definition) is 4. The second kappa shape index (κ2) is 9.96. The van der Waals surface area contributed by atoms with Gasteiger partial charge in [0, 0.05) is 5.02 Å². The average Bonchev–Trinajstić information content (AvgIpc) is 3.48. The fraction of sp³-hybridized carbons (Fsp3) is 0.222. The molecule has 1 aromatic heterocycles. The molecule has 4 nitrogen and oxygen atoms in total. The molecule has 0 saturated heterocycles. The van der Waals surface area contributed by atoms with Crippen LogP contribution in [0.3, 0.4) is 0 Å². The molecule has 2 heterocycles. The van der Waals surface area contributed by atoms with Gasteiger partial charge in [-0.05, 0) is 89.6 Å². The molecule has 2 N–H and O–H groups in total. The highest BCUT2D eigenvalue weighted by atomic mass is 35.5. The van der Waals surface area contributed by atoms with E-state index in [1.807, 2.05) is 54.4 Å². The number of amides is 1. The van der Waals surface area contributed by atoms with Crippen LogP contribution in [0.1, 0.15) is 43.4 Å². The maximum Gasteiger partial charge on any atom is 0.243 e. The van der Waals surface area contributed by atoms with Gasteiger partial charge in [-0.25, -0.2) is 5.43 Å². The topological polar surface area (TPSA) is 44.4 Å². The van der Waals surface area contributed by atoms with E-state index in [1.54, 1.807) is 17.4 Å². The third-order valence-electron chi connectivity index (χ3n) is 6.29. The second-order valence-electron chi connectivity index (χ2n) is 8.59. The number of rotatable bonds is 5. The highest BCUT2D eigenvalue weighted by molar-refractivity contribution is 7.08. The Morgan fingerprint density at radius 1 is 1.18 bits per heavy atom. The molecule has 0 bridgehead atoms. The van der Waals surface area contributed by atoms with Crippen LogP contribution < -0.4 is 15.8 Å². The Bertz CT molecular complexity index is 1250. The third kappa shape index (κ3) is 4.66. The van der Waals surface area contributed by atoms with Crippen molar-refractivity contribution in [2.24, 2.45) is 0 Å². The molecule has 0 fully saturated rings. The third-order valence-corrected chi connectivity index (χ3v) is 7.53. The van der Waals surface area contributed by atoms with Gasteiger partial charge in [0.15, 0.2) is 0 Å². The number of thiophene rings is 1. The predicted molar refractivity (Wildman–Crippen MR) is 142 cm³/mol. The molecule has 3 aromatic rings. The molecule has 2 aliphatic rings. The largest absolute Gasteiger partial charge is 0.348 e. The Morgan fingerprint density at radius 3 is 2.74 bits per heavy atom. The summed E-state index contributed by atoms with van der Waals surface area (Å²) in [5.74, 6) is -0.0479. The van der Waals surface area contributed by atoms with Gasteiger partial charge in [0.05, 0.1) is 22.4 Å². The lowest BCUT2D eigenvalue weighted by Gasteiger charge is -2.27. The molecule has 1 amide bonds. The van der Waals surface area contributed by atoms with E-state index in [1.165, 1.54) is 11.1 Å². The van der Waals surface area contributed by atoms with E-state index in [4.69, 9.17) is 23.2 Å². The lowest BCUT2D eigenvalue weighted by molar-refractivity contribution is -0.122. The van der Waals surface area contributed by atoms with Gasteiger partial charge in [-0.2, -0.15) is 11.3 Å². The van der Waals surface area contributed by atoms with Crippen LogP contribution >= 0.6 is 34.5 Å². The fourth-order valence-electron chi connectivity index (χ4n) is 4.64. The zero-order valence-electron chi connectivity index (χ0n) is 18.7. The first kappa shape index (κ1) is 23.2. The fourth-order valence-corrected chi connectivity index (χ4v) is 5.75. The van der Waals surface area contributed by atoms with Crippen LogP contribution in [0, 0.1) is 0 Å². The van der Waals surface area contributed by atoms with E-state index in [-0.39, 0.29) is 11.9 Å². The van der Waals surface area contributed by atoms with E-state index in [9.17, 15) is 4.79 Å². The van der Waals surface area contributed by atoms with Crippen LogP contribution in [0.5, 0.6) is 0 Å².